The van der Waals surface area contributed by atoms with Gasteiger partial charge in [-0.2, -0.15) is 0 Å². The largest absolute Gasteiger partial charge is 0.508 e. The molecule has 4 N–H and O–H groups in total. The van der Waals surface area contributed by atoms with E-state index in [0.717, 1.165) is 44.5 Å². The van der Waals surface area contributed by atoms with Gasteiger partial charge in [-0.25, -0.2) is 41.0 Å². The summed E-state index contributed by atoms with van der Waals surface area (Å²) >= 11 is 12.2. The summed E-state index contributed by atoms with van der Waals surface area (Å²) in [6.07, 6.45) is 4.74. The lowest BCUT2D eigenvalue weighted by molar-refractivity contribution is 0.0525. The van der Waals surface area contributed by atoms with Gasteiger partial charge in [0.15, 0.2) is 0 Å². The number of sulfonamides is 2. The minimum absolute atomic E-state index is 0.0662. The quantitative estimate of drug-likeness (QED) is 0.0193. The molecule has 2 unspecified atom stereocenters. The van der Waals surface area contributed by atoms with Crippen molar-refractivity contribution in [3.8, 4) is 0 Å². The Kier molecular flexibility index (Phi) is 21.2. The first-order valence-corrected chi connectivity index (χ1v) is 33.6. The second kappa shape index (κ2) is 29.7. The van der Waals surface area contributed by atoms with Gasteiger partial charge in [0.05, 0.1) is 36.1 Å². The van der Waals surface area contributed by atoms with Gasteiger partial charge in [-0.3, -0.25) is 0 Å². The monoisotopic (exact) mass is 1250 g/mol. The van der Waals surface area contributed by atoms with E-state index in [1.54, 1.807) is 36.7 Å². The molecule has 0 radical (unpaired) electrons. The molecular formula is C71H70Cl2N6O7S2. The van der Waals surface area contributed by atoms with E-state index in [-0.39, 0.29) is 50.7 Å². The topological polar surface area (TPSA) is 185 Å². The van der Waals surface area contributed by atoms with Crippen LogP contribution in [0.3, 0.4) is 0 Å². The second-order valence-corrected chi connectivity index (χ2v) is 26.3. The Morgan fingerprint density at radius 3 is 1.00 bits per heavy atom. The molecule has 452 valence electrons. The minimum Gasteiger partial charge on any atom is -0.434 e. The van der Waals surface area contributed by atoms with Crippen molar-refractivity contribution in [2.75, 3.05) is 37.8 Å². The van der Waals surface area contributed by atoms with Crippen molar-refractivity contribution in [3.05, 3.63) is 321 Å². The molecule has 10 rings (SSSR count). The zero-order valence-corrected chi connectivity index (χ0v) is 51.7. The van der Waals surface area contributed by atoms with E-state index >= 15 is 0 Å². The van der Waals surface area contributed by atoms with E-state index in [2.05, 4.69) is 92.2 Å². The van der Waals surface area contributed by atoms with Gasteiger partial charge >= 0.3 is 6.16 Å². The maximum atomic E-state index is 14.0. The van der Waals surface area contributed by atoms with Crippen LogP contribution in [0.2, 0.25) is 10.0 Å². The van der Waals surface area contributed by atoms with Crippen LogP contribution in [0.15, 0.2) is 243 Å². The molecule has 0 aliphatic rings. The molecule has 0 aliphatic carbocycles. The fourth-order valence-electron chi connectivity index (χ4n) is 11.7. The SMILES string of the molecule is O=C(OCCCC(CS(=O)(=O)NCCc1ccc(Cl)cc1)c1c[nH]c(C(c2ccccc2)(c2ccccc2)c2ccccc2)n1)OCCCC(CS(=O)(=O)NCCc1ccc(Cl)cc1)c1c[nH]c(C(c2ccccc2)(c2ccccc2)c2ccccc2)n1. The average molecular weight is 1250 g/mol. The third-order valence-electron chi connectivity index (χ3n) is 16.0. The molecule has 0 aliphatic heterocycles. The van der Waals surface area contributed by atoms with Gasteiger partial charge in [0.1, 0.15) is 22.5 Å². The van der Waals surface area contributed by atoms with Gasteiger partial charge in [0.25, 0.3) is 0 Å². The van der Waals surface area contributed by atoms with Crippen LogP contribution in [-0.2, 0) is 53.2 Å². The number of aromatic amines is 2. The van der Waals surface area contributed by atoms with E-state index < -0.39 is 48.9 Å². The lowest BCUT2D eigenvalue weighted by Gasteiger charge is -2.34. The third-order valence-corrected chi connectivity index (χ3v) is 19.4. The standard InChI is InChI=1S/C71H70Cl2N6O7S2/c72-63-39-35-53(36-40-63)43-45-76-87(81,82)51-55(65-49-74-67(78-65)70(57-23-7-1-8-24-57,58-25-9-2-10-26-58)59-27-11-3-12-28-59)21-19-47-85-69(80)86-48-20-22-56(52-88(83,84)77-46-44-54-37-41-64(73)42-38-54)66-50-75-68(79-66)71(60-29-13-4-14-30-60,61-31-15-5-16-32-61)62-33-17-6-18-34-62/h1-18,23-42,49-50,55-56,76-77H,19-22,43-48,51-52H2,(H,74,78)(H,75,79). The van der Waals surface area contributed by atoms with Crippen molar-refractivity contribution in [1.82, 2.24) is 29.4 Å². The number of hydrogen-bond donors (Lipinski definition) is 4. The Morgan fingerprint density at radius 1 is 0.432 bits per heavy atom. The molecule has 2 atom stereocenters. The Bertz CT molecular complexity index is 3560. The Morgan fingerprint density at radius 2 is 0.716 bits per heavy atom. The van der Waals surface area contributed by atoms with E-state index in [1.807, 2.05) is 133 Å². The van der Waals surface area contributed by atoms with Gasteiger partial charge in [0, 0.05) is 47.4 Å². The molecular weight excluding hydrogens is 1180 g/mol. The summed E-state index contributed by atoms with van der Waals surface area (Å²) in [5.41, 5.74) is 6.94. The first-order valence-electron chi connectivity index (χ1n) is 29.5. The van der Waals surface area contributed by atoms with Crippen LogP contribution in [0.4, 0.5) is 4.79 Å². The van der Waals surface area contributed by atoms with Crippen LogP contribution in [0.5, 0.6) is 0 Å². The number of hydrogen-bond acceptors (Lipinski definition) is 9. The number of benzene rings is 8. The maximum absolute atomic E-state index is 14.0. The van der Waals surface area contributed by atoms with Crippen molar-refractivity contribution in [3.63, 3.8) is 0 Å². The molecule has 10 aromatic rings. The minimum atomic E-state index is -3.87. The number of imidazole rings is 2. The van der Waals surface area contributed by atoms with Crippen LogP contribution < -0.4 is 9.44 Å². The summed E-state index contributed by atoms with van der Waals surface area (Å²) in [5, 5.41) is 1.19. The van der Waals surface area contributed by atoms with Gasteiger partial charge in [-0.1, -0.05) is 229 Å². The van der Waals surface area contributed by atoms with Crippen molar-refractivity contribution in [2.24, 2.45) is 0 Å². The fourth-order valence-corrected chi connectivity index (χ4v) is 14.8. The molecule has 13 nitrogen and oxygen atoms in total. The highest BCUT2D eigenvalue weighted by Crippen LogP contribution is 2.46. The first-order chi connectivity index (χ1) is 42.8. The number of rotatable bonds is 30. The highest BCUT2D eigenvalue weighted by Gasteiger charge is 2.43. The highest BCUT2D eigenvalue weighted by molar-refractivity contribution is 7.89. The summed E-state index contributed by atoms with van der Waals surface area (Å²) in [5.74, 6) is -0.592. The number of halogens is 2. The lowest BCUT2D eigenvalue weighted by Crippen LogP contribution is -2.33. The summed E-state index contributed by atoms with van der Waals surface area (Å²) in [6, 6.07) is 75.2. The Balaban J connectivity index is 0.846. The Labute approximate surface area is 526 Å². The van der Waals surface area contributed by atoms with E-state index in [4.69, 9.17) is 42.6 Å². The van der Waals surface area contributed by atoms with Crippen molar-refractivity contribution in [2.45, 2.75) is 61.2 Å². The van der Waals surface area contributed by atoms with Gasteiger partial charge < -0.3 is 19.4 Å². The van der Waals surface area contributed by atoms with Crippen LogP contribution in [0.1, 0.15) is 105 Å². The highest BCUT2D eigenvalue weighted by atomic mass is 35.5. The van der Waals surface area contributed by atoms with Crippen LogP contribution in [-0.4, -0.2) is 80.7 Å². The summed E-state index contributed by atoms with van der Waals surface area (Å²) < 4.78 is 73.0. The lowest BCUT2D eigenvalue weighted by atomic mass is 9.69. The first kappa shape index (κ1) is 62.9. The second-order valence-electron chi connectivity index (χ2n) is 21.8. The molecule has 8 aromatic carbocycles. The number of nitrogens with zero attached hydrogens (tertiary/aromatic N) is 2. The molecule has 0 amide bonds. The summed E-state index contributed by atoms with van der Waals surface area (Å²) in [7, 11) is -7.75. The molecule has 2 heterocycles. The van der Waals surface area contributed by atoms with E-state index in [0.29, 0.717) is 58.8 Å². The molecule has 0 spiro atoms. The van der Waals surface area contributed by atoms with Crippen molar-refractivity contribution >= 4 is 49.4 Å². The zero-order chi connectivity index (χ0) is 61.2. The van der Waals surface area contributed by atoms with E-state index in [9.17, 15) is 21.6 Å². The number of ether oxygens (including phenoxy) is 2. The molecule has 17 heteroatoms. The molecule has 2 aromatic heterocycles. The average Bonchev–Trinajstić information content (AvgIpc) is 1.29. The number of carbonyl (C=O) groups is 1. The maximum Gasteiger partial charge on any atom is 0.508 e. The van der Waals surface area contributed by atoms with E-state index in [1.165, 1.54) is 0 Å². The summed E-state index contributed by atoms with van der Waals surface area (Å²) in [4.78, 5) is 31.0. The normalized spacial score (nSPS) is 12.8. The zero-order valence-electron chi connectivity index (χ0n) is 48.6. The Hall–Kier alpha value is -8.15. The summed E-state index contributed by atoms with van der Waals surface area (Å²) in [6.45, 7) is 0.219. The van der Waals surface area contributed by atoms with Crippen molar-refractivity contribution < 1.29 is 31.1 Å². The smallest absolute Gasteiger partial charge is 0.434 e. The van der Waals surface area contributed by atoms with Crippen LogP contribution in [0, 0.1) is 0 Å². The number of nitrogens with one attached hydrogen (secondary N) is 4. The van der Waals surface area contributed by atoms with Crippen LogP contribution >= 0.6 is 23.2 Å². The number of carbonyl (C=O) groups excluding carboxylic acids is 1. The molecule has 0 saturated heterocycles. The molecule has 0 saturated carbocycles. The number of H-pyrrole nitrogens is 2. The fraction of sp³-hybridized carbons (Fsp3) is 0.225. The predicted octanol–water partition coefficient (Wildman–Crippen LogP) is 14.1. The third kappa shape index (κ3) is 15.6. The van der Waals surface area contributed by atoms with Crippen molar-refractivity contribution in [1.29, 1.82) is 0 Å². The van der Waals surface area contributed by atoms with Gasteiger partial charge in [-0.05, 0) is 107 Å². The molecule has 0 bridgehead atoms. The predicted molar refractivity (Wildman–Crippen MR) is 349 cm³/mol. The molecule has 88 heavy (non-hydrogen) atoms. The number of aromatic nitrogens is 4. The van der Waals surface area contributed by atoms with Crippen LogP contribution in [0.25, 0.3) is 0 Å². The van der Waals surface area contributed by atoms with Gasteiger partial charge in [0.2, 0.25) is 20.0 Å². The molecule has 0 fully saturated rings. The van der Waals surface area contributed by atoms with Gasteiger partial charge in [-0.15, -0.1) is 0 Å².